The summed E-state index contributed by atoms with van der Waals surface area (Å²) in [5.41, 5.74) is 8.21. The lowest BCUT2D eigenvalue weighted by Gasteiger charge is -2.28. The van der Waals surface area contributed by atoms with Gasteiger partial charge >= 0.3 is 0 Å². The molecule has 0 aliphatic carbocycles. The fraction of sp³-hybridized carbons (Fsp3) is 0. The molecule has 0 atom stereocenters. The Kier molecular flexibility index (Phi) is 6.75. The van der Waals surface area contributed by atoms with E-state index in [1.54, 1.807) is 0 Å². The third kappa shape index (κ3) is 4.84. The topological polar surface area (TPSA) is 3.24 Å². The van der Waals surface area contributed by atoms with E-state index in [1.165, 1.54) is 74.7 Å². The zero-order chi connectivity index (χ0) is 33.0. The molecule has 0 spiro atoms. The molecule has 0 unspecified atom stereocenters. The van der Waals surface area contributed by atoms with Gasteiger partial charge in [0, 0.05) is 37.1 Å². The average Bonchev–Trinajstić information content (AvgIpc) is 3.54. The molecular weight excluding hydrogens is 623 g/mol. The van der Waals surface area contributed by atoms with E-state index < -0.39 is 0 Å². The predicted octanol–water partition coefficient (Wildman–Crippen LogP) is 14.3. The molecule has 0 aliphatic heterocycles. The molecule has 10 aromatic rings. The minimum Gasteiger partial charge on any atom is -0.310 e. The van der Waals surface area contributed by atoms with Crippen LogP contribution in [0.2, 0.25) is 0 Å². The van der Waals surface area contributed by atoms with Gasteiger partial charge in [0.25, 0.3) is 0 Å². The molecule has 1 nitrogen and oxygen atoms in total. The number of rotatable bonds is 5. The van der Waals surface area contributed by atoms with Crippen molar-refractivity contribution in [2.45, 2.75) is 0 Å². The molecule has 0 N–H and O–H groups in total. The predicted molar refractivity (Wildman–Crippen MR) is 217 cm³/mol. The fourth-order valence-corrected chi connectivity index (χ4v) is 8.65. The summed E-state index contributed by atoms with van der Waals surface area (Å²) in [6, 6.07) is 68.8. The van der Waals surface area contributed by atoms with Crippen molar-refractivity contribution in [1.82, 2.24) is 0 Å². The molecule has 0 amide bonds. The van der Waals surface area contributed by atoms with Gasteiger partial charge < -0.3 is 4.90 Å². The number of para-hydroxylation sites is 1. The van der Waals surface area contributed by atoms with Crippen molar-refractivity contribution in [3.05, 3.63) is 188 Å². The number of fused-ring (bicyclic) bond motifs is 7. The van der Waals surface area contributed by atoms with Gasteiger partial charge in [0.2, 0.25) is 0 Å². The molecule has 0 saturated carbocycles. The lowest BCUT2D eigenvalue weighted by Crippen LogP contribution is -2.11. The highest BCUT2D eigenvalue weighted by molar-refractivity contribution is 7.25. The van der Waals surface area contributed by atoms with E-state index in [0.717, 1.165) is 17.1 Å². The molecule has 2 heteroatoms. The van der Waals surface area contributed by atoms with Gasteiger partial charge in [-0.25, -0.2) is 0 Å². The van der Waals surface area contributed by atoms with Crippen molar-refractivity contribution < 1.29 is 0 Å². The van der Waals surface area contributed by atoms with E-state index >= 15 is 0 Å². The van der Waals surface area contributed by atoms with Crippen molar-refractivity contribution in [3.8, 4) is 22.3 Å². The minimum absolute atomic E-state index is 1.12. The highest BCUT2D eigenvalue weighted by Crippen LogP contribution is 2.43. The van der Waals surface area contributed by atoms with Crippen LogP contribution in [0.1, 0.15) is 0 Å². The molecule has 1 heterocycles. The highest BCUT2D eigenvalue weighted by atomic mass is 32.1. The van der Waals surface area contributed by atoms with Crippen LogP contribution in [0.4, 0.5) is 17.1 Å². The number of benzene rings is 9. The Morgan fingerprint density at radius 1 is 0.320 bits per heavy atom. The Balaban J connectivity index is 1.12. The first-order valence-electron chi connectivity index (χ1n) is 17.1. The summed E-state index contributed by atoms with van der Waals surface area (Å²) in [6.45, 7) is 0. The zero-order valence-electron chi connectivity index (χ0n) is 27.3. The maximum Gasteiger partial charge on any atom is 0.0540 e. The van der Waals surface area contributed by atoms with Crippen molar-refractivity contribution in [1.29, 1.82) is 0 Å². The van der Waals surface area contributed by atoms with Crippen molar-refractivity contribution in [2.75, 3.05) is 4.90 Å². The fourth-order valence-electron chi connectivity index (χ4n) is 7.53. The molecule has 234 valence electrons. The molecule has 10 rings (SSSR count). The number of anilines is 3. The second-order valence-corrected chi connectivity index (χ2v) is 14.0. The summed E-state index contributed by atoms with van der Waals surface area (Å²) in [6.07, 6.45) is 0. The first kappa shape index (κ1) is 28.8. The molecule has 0 radical (unpaired) electrons. The molecule has 0 aliphatic rings. The van der Waals surface area contributed by atoms with Crippen LogP contribution in [0, 0.1) is 0 Å². The third-order valence-corrected chi connectivity index (χ3v) is 11.1. The SMILES string of the molecule is c1ccc(-c2ccccc2N(c2ccc(-c3ccc4sc5cc6ccccc6cc5c4c3)cc2)c2ccc3ccc4ccccc4c3c2)cc1. The van der Waals surface area contributed by atoms with Crippen LogP contribution in [0.3, 0.4) is 0 Å². The summed E-state index contributed by atoms with van der Waals surface area (Å²) < 4.78 is 2.66. The van der Waals surface area contributed by atoms with E-state index in [2.05, 4.69) is 193 Å². The van der Waals surface area contributed by atoms with E-state index in [4.69, 9.17) is 0 Å². The minimum atomic E-state index is 1.12. The van der Waals surface area contributed by atoms with E-state index in [-0.39, 0.29) is 0 Å². The van der Waals surface area contributed by atoms with Gasteiger partial charge in [0.15, 0.2) is 0 Å². The first-order chi connectivity index (χ1) is 24.8. The second-order valence-electron chi connectivity index (χ2n) is 13.0. The van der Waals surface area contributed by atoms with Crippen LogP contribution in [0.5, 0.6) is 0 Å². The van der Waals surface area contributed by atoms with Gasteiger partial charge in [-0.15, -0.1) is 11.3 Å². The summed E-state index contributed by atoms with van der Waals surface area (Å²) in [4.78, 5) is 2.41. The highest BCUT2D eigenvalue weighted by Gasteiger charge is 2.18. The average molecular weight is 654 g/mol. The van der Waals surface area contributed by atoms with Crippen molar-refractivity contribution in [3.63, 3.8) is 0 Å². The summed E-state index contributed by atoms with van der Waals surface area (Å²) in [7, 11) is 0. The van der Waals surface area contributed by atoms with Gasteiger partial charge in [0.1, 0.15) is 0 Å². The number of thiophene rings is 1. The van der Waals surface area contributed by atoms with E-state index in [0.29, 0.717) is 0 Å². The first-order valence-corrected chi connectivity index (χ1v) is 17.9. The third-order valence-electron chi connectivity index (χ3n) is 10.0. The van der Waals surface area contributed by atoms with Gasteiger partial charge in [-0.1, -0.05) is 133 Å². The Hall–Kier alpha value is -6.22. The molecular formula is C48H31NS. The van der Waals surface area contributed by atoms with Crippen LogP contribution in [-0.4, -0.2) is 0 Å². The van der Waals surface area contributed by atoms with Gasteiger partial charge in [-0.3, -0.25) is 0 Å². The van der Waals surface area contributed by atoms with Gasteiger partial charge in [-0.2, -0.15) is 0 Å². The molecule has 9 aromatic carbocycles. The Bertz CT molecular complexity index is 2870. The standard InChI is InChI=1S/C48H31NS/c1-2-10-33(11-3-1)42-16-8-9-17-46(42)49(40-26-22-35-19-18-34-12-6-7-15-41(34)43(35)31-40)39-24-20-32(21-25-39)38-23-27-47-44(29-38)45-28-36-13-4-5-14-37(36)30-48(45)50-47/h1-31H. The van der Waals surface area contributed by atoms with E-state index in [1.807, 2.05) is 11.3 Å². The van der Waals surface area contributed by atoms with Crippen LogP contribution < -0.4 is 4.90 Å². The molecule has 50 heavy (non-hydrogen) atoms. The summed E-state index contributed by atoms with van der Waals surface area (Å²) in [5, 5.41) is 10.2. The molecule has 1 aromatic heterocycles. The van der Waals surface area contributed by atoms with Crippen molar-refractivity contribution >= 4 is 80.9 Å². The molecule has 0 bridgehead atoms. The van der Waals surface area contributed by atoms with Crippen LogP contribution >= 0.6 is 11.3 Å². The van der Waals surface area contributed by atoms with Gasteiger partial charge in [-0.05, 0) is 104 Å². The van der Waals surface area contributed by atoms with Crippen LogP contribution in [-0.2, 0) is 0 Å². The number of hydrogen-bond acceptors (Lipinski definition) is 2. The Morgan fingerprint density at radius 2 is 0.940 bits per heavy atom. The number of hydrogen-bond donors (Lipinski definition) is 0. The zero-order valence-corrected chi connectivity index (χ0v) is 28.1. The van der Waals surface area contributed by atoms with E-state index in [9.17, 15) is 0 Å². The van der Waals surface area contributed by atoms with Crippen LogP contribution in [0.25, 0.3) is 74.7 Å². The normalized spacial score (nSPS) is 11.6. The monoisotopic (exact) mass is 653 g/mol. The van der Waals surface area contributed by atoms with Crippen LogP contribution in [0.15, 0.2) is 188 Å². The smallest absolute Gasteiger partial charge is 0.0540 e. The summed E-state index contributed by atoms with van der Waals surface area (Å²) in [5.74, 6) is 0. The maximum absolute atomic E-state index is 2.41. The Labute approximate surface area is 294 Å². The lowest BCUT2D eigenvalue weighted by atomic mass is 9.98. The molecule has 0 fully saturated rings. The quantitative estimate of drug-likeness (QED) is 0.167. The summed E-state index contributed by atoms with van der Waals surface area (Å²) >= 11 is 1.88. The Morgan fingerprint density at radius 3 is 1.78 bits per heavy atom. The maximum atomic E-state index is 2.41. The largest absolute Gasteiger partial charge is 0.310 e. The van der Waals surface area contributed by atoms with Gasteiger partial charge in [0.05, 0.1) is 5.69 Å². The number of nitrogens with zero attached hydrogens (tertiary/aromatic N) is 1. The molecule has 0 saturated heterocycles. The second kappa shape index (κ2) is 11.7. The van der Waals surface area contributed by atoms with Crippen molar-refractivity contribution in [2.24, 2.45) is 0 Å². The lowest BCUT2D eigenvalue weighted by molar-refractivity contribution is 1.29.